The number of rotatable bonds is 5. The van der Waals surface area contributed by atoms with Gasteiger partial charge in [0.1, 0.15) is 0 Å². The maximum atomic E-state index is 4.64. The van der Waals surface area contributed by atoms with E-state index in [2.05, 4.69) is 91.6 Å². The van der Waals surface area contributed by atoms with Crippen LogP contribution in [0.2, 0.25) is 0 Å². The molecule has 0 aliphatic carbocycles. The molecule has 0 atom stereocenters. The molecule has 1 aliphatic rings. The molecule has 0 unspecified atom stereocenters. The van der Waals surface area contributed by atoms with Crippen LogP contribution in [-0.4, -0.2) is 42.3 Å². The Kier molecular flexibility index (Phi) is 6.20. The number of hydrazone groups is 1. The monoisotopic (exact) mass is 433 g/mol. The maximum Gasteiger partial charge on any atom is 0.0612 e. The second-order valence-electron chi connectivity index (χ2n) is 7.05. The van der Waals surface area contributed by atoms with Crippen molar-refractivity contribution in [1.29, 1.82) is 0 Å². The lowest BCUT2D eigenvalue weighted by Crippen LogP contribution is -2.43. The van der Waals surface area contributed by atoms with Crippen molar-refractivity contribution in [2.45, 2.75) is 6.54 Å². The van der Waals surface area contributed by atoms with Crippen molar-refractivity contribution < 1.29 is 0 Å². The van der Waals surface area contributed by atoms with Crippen LogP contribution in [0.1, 0.15) is 11.1 Å². The molecule has 1 aliphatic heterocycles. The Morgan fingerprint density at radius 1 is 0.857 bits per heavy atom. The molecule has 28 heavy (non-hydrogen) atoms. The summed E-state index contributed by atoms with van der Waals surface area (Å²) < 4.78 is 0.983. The van der Waals surface area contributed by atoms with Crippen molar-refractivity contribution in [2.75, 3.05) is 26.2 Å². The SMILES string of the molecule is BrC(/C=N\N1CCN(Cc2cccc3ccccc23)CC1)=C\c1ccccc1. The molecule has 3 aromatic carbocycles. The molecule has 0 N–H and O–H groups in total. The van der Waals surface area contributed by atoms with Crippen LogP contribution in [0, 0.1) is 0 Å². The van der Waals surface area contributed by atoms with Gasteiger partial charge in [-0.05, 0) is 43.9 Å². The van der Waals surface area contributed by atoms with E-state index >= 15 is 0 Å². The molecule has 0 amide bonds. The van der Waals surface area contributed by atoms with Gasteiger partial charge in [-0.1, -0.05) is 72.8 Å². The minimum absolute atomic E-state index is 0.951. The lowest BCUT2D eigenvalue weighted by atomic mass is 10.0. The molecule has 4 heteroatoms. The van der Waals surface area contributed by atoms with Crippen molar-refractivity contribution in [3.05, 3.63) is 88.4 Å². The van der Waals surface area contributed by atoms with Gasteiger partial charge in [0.05, 0.1) is 6.21 Å². The van der Waals surface area contributed by atoms with Crippen LogP contribution in [0.25, 0.3) is 16.8 Å². The predicted molar refractivity (Wildman–Crippen MR) is 123 cm³/mol. The van der Waals surface area contributed by atoms with E-state index in [1.807, 2.05) is 24.4 Å². The zero-order chi connectivity index (χ0) is 19.2. The van der Waals surface area contributed by atoms with Crippen LogP contribution in [0.5, 0.6) is 0 Å². The van der Waals surface area contributed by atoms with Crippen molar-refractivity contribution in [1.82, 2.24) is 9.91 Å². The van der Waals surface area contributed by atoms with Crippen molar-refractivity contribution >= 4 is 39.0 Å². The summed E-state index contributed by atoms with van der Waals surface area (Å²) in [5.41, 5.74) is 2.57. The third-order valence-electron chi connectivity index (χ3n) is 5.07. The molecular weight excluding hydrogens is 410 g/mol. The third kappa shape index (κ3) is 4.89. The first-order valence-electron chi connectivity index (χ1n) is 9.68. The van der Waals surface area contributed by atoms with Crippen molar-refractivity contribution in [3.8, 4) is 0 Å². The van der Waals surface area contributed by atoms with Crippen LogP contribution < -0.4 is 0 Å². The lowest BCUT2D eigenvalue weighted by Gasteiger charge is -2.33. The van der Waals surface area contributed by atoms with Gasteiger partial charge < -0.3 is 0 Å². The number of allylic oxidation sites excluding steroid dienone is 1. The predicted octanol–water partition coefficient (Wildman–Crippen LogP) is 5.38. The van der Waals surface area contributed by atoms with E-state index in [0.717, 1.165) is 37.2 Å². The Labute approximate surface area is 175 Å². The molecule has 3 aromatic rings. The Morgan fingerprint density at radius 2 is 1.57 bits per heavy atom. The van der Waals surface area contributed by atoms with Crippen LogP contribution in [0.15, 0.2) is 82.4 Å². The molecule has 142 valence electrons. The van der Waals surface area contributed by atoms with E-state index in [0.29, 0.717) is 0 Å². The summed E-state index contributed by atoms with van der Waals surface area (Å²) in [6.07, 6.45) is 3.98. The Bertz CT molecular complexity index is 968. The quantitative estimate of drug-likeness (QED) is 0.503. The Morgan fingerprint density at radius 3 is 2.39 bits per heavy atom. The average Bonchev–Trinajstić information content (AvgIpc) is 2.74. The minimum atomic E-state index is 0.951. The van der Waals surface area contributed by atoms with Crippen LogP contribution in [0.3, 0.4) is 0 Å². The van der Waals surface area contributed by atoms with Gasteiger partial charge in [0, 0.05) is 37.2 Å². The highest BCUT2D eigenvalue weighted by Crippen LogP contribution is 2.20. The number of nitrogens with zero attached hydrogens (tertiary/aromatic N) is 3. The molecule has 1 fully saturated rings. The van der Waals surface area contributed by atoms with Gasteiger partial charge in [0.15, 0.2) is 0 Å². The molecule has 0 saturated carbocycles. The van der Waals surface area contributed by atoms with Gasteiger partial charge in [-0.25, -0.2) is 0 Å². The molecule has 0 aromatic heterocycles. The highest BCUT2D eigenvalue weighted by Gasteiger charge is 2.16. The summed E-state index contributed by atoms with van der Waals surface area (Å²) in [6.45, 7) is 4.96. The first-order valence-corrected chi connectivity index (χ1v) is 10.5. The van der Waals surface area contributed by atoms with E-state index in [1.165, 1.54) is 21.9 Å². The molecule has 3 nitrogen and oxygen atoms in total. The summed E-state index contributed by atoms with van der Waals surface area (Å²) in [5.74, 6) is 0. The molecule has 0 radical (unpaired) electrons. The van der Waals surface area contributed by atoms with E-state index in [-0.39, 0.29) is 0 Å². The smallest absolute Gasteiger partial charge is 0.0612 e. The second-order valence-corrected chi connectivity index (χ2v) is 7.97. The number of piperazine rings is 1. The molecule has 1 saturated heterocycles. The van der Waals surface area contributed by atoms with Gasteiger partial charge >= 0.3 is 0 Å². The summed E-state index contributed by atoms with van der Waals surface area (Å²) in [4.78, 5) is 2.52. The summed E-state index contributed by atoms with van der Waals surface area (Å²) in [6, 6.07) is 25.5. The standard InChI is InChI=1S/C24H24BrN3/c25-23(17-20-7-2-1-3-8-20)18-26-28-15-13-27(14-16-28)19-22-11-6-10-21-9-4-5-12-24(21)22/h1-12,17-18H,13-16,19H2/b23-17-,26-18-. The molecule has 0 bridgehead atoms. The fraction of sp³-hybridized carbons (Fsp3) is 0.208. The summed E-state index contributed by atoms with van der Waals surface area (Å²) in [5, 5.41) is 9.47. The highest BCUT2D eigenvalue weighted by atomic mass is 79.9. The van der Waals surface area contributed by atoms with E-state index < -0.39 is 0 Å². The first kappa shape index (κ1) is 18.9. The summed E-state index contributed by atoms with van der Waals surface area (Å²) >= 11 is 3.60. The highest BCUT2D eigenvalue weighted by molar-refractivity contribution is 9.12. The minimum Gasteiger partial charge on any atom is -0.295 e. The number of fused-ring (bicyclic) bond motifs is 1. The molecule has 0 spiro atoms. The zero-order valence-corrected chi connectivity index (χ0v) is 17.4. The summed E-state index contributed by atoms with van der Waals surface area (Å²) in [7, 11) is 0. The van der Waals surface area contributed by atoms with Gasteiger partial charge in [-0.15, -0.1) is 0 Å². The Hall–Kier alpha value is -2.43. The van der Waals surface area contributed by atoms with Crippen LogP contribution in [-0.2, 0) is 6.54 Å². The molecular formula is C24H24BrN3. The third-order valence-corrected chi connectivity index (χ3v) is 5.50. The van der Waals surface area contributed by atoms with Gasteiger partial charge in [0.25, 0.3) is 0 Å². The fourth-order valence-corrected chi connectivity index (χ4v) is 3.92. The second kappa shape index (κ2) is 9.18. The van der Waals surface area contributed by atoms with E-state index in [9.17, 15) is 0 Å². The van der Waals surface area contributed by atoms with Gasteiger partial charge in [-0.2, -0.15) is 5.10 Å². The van der Waals surface area contributed by atoms with Gasteiger partial charge in [-0.3, -0.25) is 9.91 Å². The lowest BCUT2D eigenvalue weighted by molar-refractivity contribution is 0.131. The van der Waals surface area contributed by atoms with Crippen LogP contribution in [0.4, 0.5) is 0 Å². The van der Waals surface area contributed by atoms with Crippen molar-refractivity contribution in [3.63, 3.8) is 0 Å². The van der Waals surface area contributed by atoms with Gasteiger partial charge in [0.2, 0.25) is 0 Å². The number of hydrogen-bond acceptors (Lipinski definition) is 3. The number of halogens is 1. The first-order chi connectivity index (χ1) is 13.8. The number of hydrogen-bond donors (Lipinski definition) is 0. The zero-order valence-electron chi connectivity index (χ0n) is 15.8. The Balaban J connectivity index is 1.33. The molecule has 1 heterocycles. The number of benzene rings is 3. The fourth-order valence-electron chi connectivity index (χ4n) is 3.56. The average molecular weight is 434 g/mol. The normalized spacial score (nSPS) is 16.2. The van der Waals surface area contributed by atoms with E-state index in [1.54, 1.807) is 0 Å². The topological polar surface area (TPSA) is 18.8 Å². The molecule has 4 rings (SSSR count). The maximum absolute atomic E-state index is 4.64. The van der Waals surface area contributed by atoms with Crippen LogP contribution >= 0.6 is 15.9 Å². The van der Waals surface area contributed by atoms with E-state index in [4.69, 9.17) is 0 Å². The largest absolute Gasteiger partial charge is 0.295 e. The van der Waals surface area contributed by atoms with Crippen molar-refractivity contribution in [2.24, 2.45) is 5.10 Å².